The summed E-state index contributed by atoms with van der Waals surface area (Å²) < 4.78 is 5.31. The summed E-state index contributed by atoms with van der Waals surface area (Å²) in [5, 5.41) is 8.92. The second kappa shape index (κ2) is 6.59. The number of nitrogens with zero attached hydrogens (tertiary/aromatic N) is 1. The second-order valence-corrected chi connectivity index (χ2v) is 4.69. The minimum absolute atomic E-state index is 0.00315. The Labute approximate surface area is 102 Å². The molecule has 0 spiro atoms. The van der Waals surface area contributed by atoms with Gasteiger partial charge in [0.2, 0.25) is 5.91 Å². The van der Waals surface area contributed by atoms with Crippen LogP contribution >= 0.6 is 0 Å². The predicted octanol–water partition coefficient (Wildman–Crippen LogP) is 1.12. The maximum Gasteiger partial charge on any atom is 0.308 e. The molecule has 0 bridgehead atoms. The summed E-state index contributed by atoms with van der Waals surface area (Å²) in [6, 6.07) is 0. The van der Waals surface area contributed by atoms with Crippen molar-refractivity contribution in [1.29, 1.82) is 0 Å². The van der Waals surface area contributed by atoms with Gasteiger partial charge in [-0.05, 0) is 26.7 Å². The third-order valence-corrected chi connectivity index (χ3v) is 2.89. The highest BCUT2D eigenvalue weighted by Gasteiger charge is 2.27. The average molecular weight is 243 g/mol. The Morgan fingerprint density at radius 2 is 2.18 bits per heavy atom. The lowest BCUT2D eigenvalue weighted by atomic mass is 9.98. The van der Waals surface area contributed by atoms with Gasteiger partial charge in [-0.2, -0.15) is 0 Å². The summed E-state index contributed by atoms with van der Waals surface area (Å²) >= 11 is 0. The van der Waals surface area contributed by atoms with E-state index < -0.39 is 11.9 Å². The average Bonchev–Trinajstić information content (AvgIpc) is 2.28. The highest BCUT2D eigenvalue weighted by Crippen LogP contribution is 2.17. The van der Waals surface area contributed by atoms with Gasteiger partial charge in [-0.15, -0.1) is 0 Å². The van der Waals surface area contributed by atoms with Crippen molar-refractivity contribution >= 4 is 11.9 Å². The number of rotatable bonds is 5. The number of likely N-dealkylation sites (tertiary alicyclic amines) is 1. The van der Waals surface area contributed by atoms with E-state index in [1.165, 1.54) is 0 Å². The van der Waals surface area contributed by atoms with Crippen molar-refractivity contribution in [2.75, 3.05) is 19.7 Å². The molecule has 0 radical (unpaired) electrons. The fourth-order valence-electron chi connectivity index (χ4n) is 1.95. The van der Waals surface area contributed by atoms with Gasteiger partial charge in [0, 0.05) is 13.1 Å². The van der Waals surface area contributed by atoms with Crippen molar-refractivity contribution in [3.63, 3.8) is 0 Å². The van der Waals surface area contributed by atoms with Gasteiger partial charge in [0.05, 0.1) is 25.0 Å². The first kappa shape index (κ1) is 14.0. The zero-order chi connectivity index (χ0) is 12.8. The number of carboxylic acids is 1. The van der Waals surface area contributed by atoms with Gasteiger partial charge in [0.25, 0.3) is 0 Å². The van der Waals surface area contributed by atoms with Crippen molar-refractivity contribution in [2.24, 2.45) is 5.92 Å². The van der Waals surface area contributed by atoms with E-state index in [1.54, 1.807) is 4.90 Å². The molecule has 1 amide bonds. The number of carbonyl (C=O) groups is 2. The molecule has 0 saturated carbocycles. The summed E-state index contributed by atoms with van der Waals surface area (Å²) in [7, 11) is 0. The molecule has 1 aliphatic rings. The number of aliphatic carboxylic acids is 1. The smallest absolute Gasteiger partial charge is 0.308 e. The van der Waals surface area contributed by atoms with Crippen molar-refractivity contribution in [3.05, 3.63) is 0 Å². The van der Waals surface area contributed by atoms with Crippen LogP contribution in [0.5, 0.6) is 0 Å². The first-order chi connectivity index (χ1) is 8.00. The maximum absolute atomic E-state index is 11.8. The monoisotopic (exact) mass is 243 g/mol. The molecule has 1 fully saturated rings. The molecule has 1 rings (SSSR count). The van der Waals surface area contributed by atoms with E-state index in [1.807, 2.05) is 13.8 Å². The molecular formula is C12H21NO4. The Balaban J connectivity index is 2.33. The zero-order valence-electron chi connectivity index (χ0n) is 10.5. The van der Waals surface area contributed by atoms with Gasteiger partial charge in [0.1, 0.15) is 0 Å². The predicted molar refractivity (Wildman–Crippen MR) is 62.6 cm³/mol. The molecule has 98 valence electrons. The number of carbonyl (C=O) groups excluding carboxylic acids is 1. The van der Waals surface area contributed by atoms with Crippen LogP contribution in [-0.2, 0) is 14.3 Å². The van der Waals surface area contributed by atoms with Gasteiger partial charge in [-0.25, -0.2) is 0 Å². The molecule has 0 aliphatic carbocycles. The van der Waals surface area contributed by atoms with Crippen LogP contribution in [0, 0.1) is 5.92 Å². The minimum atomic E-state index is -0.805. The highest BCUT2D eigenvalue weighted by molar-refractivity contribution is 5.78. The van der Waals surface area contributed by atoms with Crippen LogP contribution in [-0.4, -0.2) is 47.7 Å². The molecule has 17 heavy (non-hydrogen) atoms. The minimum Gasteiger partial charge on any atom is -0.481 e. The normalized spacial score (nSPS) is 20.6. The van der Waals surface area contributed by atoms with Gasteiger partial charge in [-0.3, -0.25) is 9.59 Å². The zero-order valence-corrected chi connectivity index (χ0v) is 10.5. The van der Waals surface area contributed by atoms with Crippen LogP contribution in [0.4, 0.5) is 0 Å². The molecule has 1 aliphatic heterocycles. The van der Waals surface area contributed by atoms with Gasteiger partial charge in [0.15, 0.2) is 0 Å². The lowest BCUT2D eigenvalue weighted by molar-refractivity contribution is -0.146. The highest BCUT2D eigenvalue weighted by atomic mass is 16.5. The Hall–Kier alpha value is -1.10. The standard InChI is InChI=1S/C12H21NO4/c1-9(2)17-7-5-11(14)13-6-3-4-10(8-13)12(15)16/h9-10H,3-8H2,1-2H3,(H,15,16). The summed E-state index contributed by atoms with van der Waals surface area (Å²) in [4.78, 5) is 24.3. The summed E-state index contributed by atoms with van der Waals surface area (Å²) in [6.45, 7) is 5.27. The van der Waals surface area contributed by atoms with Gasteiger partial charge < -0.3 is 14.7 Å². The van der Waals surface area contributed by atoms with E-state index in [2.05, 4.69) is 0 Å². The van der Waals surface area contributed by atoms with E-state index in [4.69, 9.17) is 9.84 Å². The van der Waals surface area contributed by atoms with Gasteiger partial charge >= 0.3 is 5.97 Å². The molecular weight excluding hydrogens is 222 g/mol. The largest absolute Gasteiger partial charge is 0.481 e. The molecule has 1 N–H and O–H groups in total. The van der Waals surface area contributed by atoms with Crippen LogP contribution in [0.25, 0.3) is 0 Å². The second-order valence-electron chi connectivity index (χ2n) is 4.69. The summed E-state index contributed by atoms with van der Waals surface area (Å²) in [5.41, 5.74) is 0. The lowest BCUT2D eigenvalue weighted by Crippen LogP contribution is -2.42. The Morgan fingerprint density at radius 3 is 2.76 bits per heavy atom. The van der Waals surface area contributed by atoms with Crippen LogP contribution in [0.15, 0.2) is 0 Å². The first-order valence-electron chi connectivity index (χ1n) is 6.13. The Bertz CT molecular complexity index is 278. The van der Waals surface area contributed by atoms with E-state index in [-0.39, 0.29) is 12.0 Å². The number of carboxylic acid groups (broad SMARTS) is 1. The molecule has 5 heteroatoms. The molecule has 5 nitrogen and oxygen atoms in total. The fraction of sp³-hybridized carbons (Fsp3) is 0.833. The molecule has 0 aromatic rings. The molecule has 1 unspecified atom stereocenters. The molecule has 0 aromatic carbocycles. The third-order valence-electron chi connectivity index (χ3n) is 2.89. The number of hydrogen-bond acceptors (Lipinski definition) is 3. The van der Waals surface area contributed by atoms with E-state index in [0.717, 1.165) is 6.42 Å². The van der Waals surface area contributed by atoms with Crippen molar-refractivity contribution in [1.82, 2.24) is 4.90 Å². The first-order valence-corrected chi connectivity index (χ1v) is 6.13. The Kier molecular flexibility index (Phi) is 5.41. The van der Waals surface area contributed by atoms with E-state index >= 15 is 0 Å². The molecule has 1 heterocycles. The Morgan fingerprint density at radius 1 is 1.47 bits per heavy atom. The molecule has 1 atom stereocenters. The van der Waals surface area contributed by atoms with E-state index in [9.17, 15) is 9.59 Å². The summed E-state index contributed by atoms with van der Waals surface area (Å²) in [6.07, 6.45) is 1.90. The van der Waals surface area contributed by atoms with E-state index in [0.29, 0.717) is 32.5 Å². The number of piperidine rings is 1. The van der Waals surface area contributed by atoms with Crippen LogP contribution < -0.4 is 0 Å². The third kappa shape index (κ3) is 4.73. The van der Waals surface area contributed by atoms with Crippen molar-refractivity contribution in [2.45, 2.75) is 39.2 Å². The van der Waals surface area contributed by atoms with Crippen LogP contribution in [0.2, 0.25) is 0 Å². The maximum atomic E-state index is 11.8. The van der Waals surface area contributed by atoms with Crippen molar-refractivity contribution < 1.29 is 19.4 Å². The topological polar surface area (TPSA) is 66.8 Å². The number of hydrogen-bond donors (Lipinski definition) is 1. The van der Waals surface area contributed by atoms with Crippen molar-refractivity contribution in [3.8, 4) is 0 Å². The molecule has 1 saturated heterocycles. The molecule has 0 aromatic heterocycles. The summed E-state index contributed by atoms with van der Waals surface area (Å²) in [5.74, 6) is -1.21. The van der Waals surface area contributed by atoms with Crippen LogP contribution in [0.1, 0.15) is 33.1 Å². The fourth-order valence-corrected chi connectivity index (χ4v) is 1.95. The number of ether oxygens (including phenoxy) is 1. The van der Waals surface area contributed by atoms with Gasteiger partial charge in [-0.1, -0.05) is 0 Å². The SMILES string of the molecule is CC(C)OCCC(=O)N1CCCC(C(=O)O)C1. The van der Waals surface area contributed by atoms with Crippen LogP contribution in [0.3, 0.4) is 0 Å². The quantitative estimate of drug-likeness (QED) is 0.786. The number of amides is 1. The lowest BCUT2D eigenvalue weighted by Gasteiger charge is -2.30.